The summed E-state index contributed by atoms with van der Waals surface area (Å²) in [5.74, 6) is -1.82. The average Bonchev–Trinajstić information content (AvgIpc) is 3.20. The third-order valence-electron chi connectivity index (χ3n) is 6.26. The lowest BCUT2D eigenvalue weighted by Crippen LogP contribution is -2.49. The summed E-state index contributed by atoms with van der Waals surface area (Å²) in [5, 5.41) is 2.76. The zero-order valence-electron chi connectivity index (χ0n) is 15.8. The number of piperidine rings is 1. The standard InChI is InChI=1S/C20H24F3N3O2/c1-19(15-8-7-13-4-2-5-14(13)10-15)17(27)26(18(28)24-19)12-25-9-3-6-16(11-25)20(21,22)23/h7-8,10,16H,2-6,9,11-12H2,1H3,(H,24,28). The van der Waals surface area contributed by atoms with Crippen molar-refractivity contribution in [3.63, 3.8) is 0 Å². The van der Waals surface area contributed by atoms with Crippen LogP contribution in [0.5, 0.6) is 0 Å². The van der Waals surface area contributed by atoms with Crippen molar-refractivity contribution < 1.29 is 22.8 Å². The number of nitrogens with one attached hydrogen (secondary N) is 1. The Morgan fingerprint density at radius 2 is 1.93 bits per heavy atom. The number of likely N-dealkylation sites (tertiary alicyclic amines) is 1. The van der Waals surface area contributed by atoms with Gasteiger partial charge in [0.1, 0.15) is 5.54 Å². The van der Waals surface area contributed by atoms with Crippen LogP contribution in [0.1, 0.15) is 42.9 Å². The Morgan fingerprint density at radius 1 is 1.18 bits per heavy atom. The van der Waals surface area contributed by atoms with Crippen molar-refractivity contribution in [3.05, 3.63) is 34.9 Å². The van der Waals surface area contributed by atoms with Crippen LogP contribution in [-0.4, -0.2) is 47.7 Å². The van der Waals surface area contributed by atoms with Crippen LogP contribution in [0.25, 0.3) is 0 Å². The number of benzene rings is 1. The maximum atomic E-state index is 13.1. The van der Waals surface area contributed by atoms with E-state index in [1.165, 1.54) is 11.1 Å². The first-order valence-corrected chi connectivity index (χ1v) is 9.74. The lowest BCUT2D eigenvalue weighted by atomic mass is 9.90. The number of carbonyl (C=O) groups excluding carboxylic acids is 2. The fourth-order valence-electron chi connectivity index (χ4n) is 4.56. The molecule has 2 fully saturated rings. The summed E-state index contributed by atoms with van der Waals surface area (Å²) < 4.78 is 39.1. The second-order valence-corrected chi connectivity index (χ2v) is 8.22. The summed E-state index contributed by atoms with van der Waals surface area (Å²) >= 11 is 0. The molecule has 0 bridgehead atoms. The van der Waals surface area contributed by atoms with Crippen molar-refractivity contribution in [3.8, 4) is 0 Å². The smallest absolute Gasteiger partial charge is 0.319 e. The SMILES string of the molecule is CC1(c2ccc3c(c2)CCC3)NC(=O)N(CN2CCCC(C(F)(F)F)C2)C1=O. The van der Waals surface area contributed by atoms with Crippen molar-refractivity contribution in [2.75, 3.05) is 19.8 Å². The minimum Gasteiger partial charge on any atom is -0.319 e. The van der Waals surface area contributed by atoms with Crippen molar-refractivity contribution in [2.24, 2.45) is 5.92 Å². The summed E-state index contributed by atoms with van der Waals surface area (Å²) in [6, 6.07) is 5.29. The highest BCUT2D eigenvalue weighted by molar-refractivity contribution is 6.07. The second-order valence-electron chi connectivity index (χ2n) is 8.22. The maximum Gasteiger partial charge on any atom is 0.393 e. The van der Waals surface area contributed by atoms with Gasteiger partial charge in [0.25, 0.3) is 5.91 Å². The molecular weight excluding hydrogens is 371 g/mol. The minimum absolute atomic E-state index is 0.0903. The van der Waals surface area contributed by atoms with Gasteiger partial charge in [0.05, 0.1) is 12.6 Å². The Labute approximate surface area is 161 Å². The molecule has 152 valence electrons. The van der Waals surface area contributed by atoms with Crippen LogP contribution in [0.2, 0.25) is 0 Å². The number of carbonyl (C=O) groups is 2. The number of fused-ring (bicyclic) bond motifs is 1. The first-order chi connectivity index (χ1) is 13.2. The van der Waals surface area contributed by atoms with Gasteiger partial charge in [0.2, 0.25) is 0 Å². The van der Waals surface area contributed by atoms with E-state index in [2.05, 4.69) is 5.32 Å². The Bertz CT molecular complexity index is 810. The molecule has 2 aliphatic heterocycles. The zero-order valence-corrected chi connectivity index (χ0v) is 15.8. The van der Waals surface area contributed by atoms with E-state index < -0.39 is 29.6 Å². The molecule has 2 saturated heterocycles. The maximum absolute atomic E-state index is 13.1. The van der Waals surface area contributed by atoms with E-state index in [1.807, 2.05) is 18.2 Å². The molecule has 3 aliphatic rings. The van der Waals surface area contributed by atoms with E-state index >= 15 is 0 Å². The summed E-state index contributed by atoms with van der Waals surface area (Å²) in [6.07, 6.45) is -0.707. The molecule has 1 aliphatic carbocycles. The molecule has 0 spiro atoms. The summed E-state index contributed by atoms with van der Waals surface area (Å²) in [4.78, 5) is 28.2. The largest absolute Gasteiger partial charge is 0.393 e. The molecule has 28 heavy (non-hydrogen) atoms. The van der Waals surface area contributed by atoms with E-state index in [1.54, 1.807) is 11.8 Å². The molecule has 0 radical (unpaired) electrons. The molecule has 2 heterocycles. The van der Waals surface area contributed by atoms with Crippen LogP contribution in [0, 0.1) is 5.92 Å². The first kappa shape index (κ1) is 19.2. The third-order valence-corrected chi connectivity index (χ3v) is 6.26. The van der Waals surface area contributed by atoms with Crippen LogP contribution in [-0.2, 0) is 23.2 Å². The number of nitrogens with zero attached hydrogens (tertiary/aromatic N) is 2. The number of halogens is 3. The molecule has 8 heteroatoms. The van der Waals surface area contributed by atoms with Crippen LogP contribution in [0.15, 0.2) is 18.2 Å². The van der Waals surface area contributed by atoms with E-state index in [0.717, 1.165) is 29.7 Å². The Kier molecular flexibility index (Phi) is 4.64. The lowest BCUT2D eigenvalue weighted by molar-refractivity contribution is -0.187. The second kappa shape index (κ2) is 6.76. The normalized spacial score (nSPS) is 28.6. The molecule has 0 aromatic heterocycles. The molecule has 5 nitrogen and oxygen atoms in total. The highest BCUT2D eigenvalue weighted by Crippen LogP contribution is 2.35. The third kappa shape index (κ3) is 3.27. The fourth-order valence-corrected chi connectivity index (χ4v) is 4.56. The number of amides is 3. The van der Waals surface area contributed by atoms with Crippen molar-refractivity contribution in [2.45, 2.75) is 50.7 Å². The molecule has 4 rings (SSSR count). The monoisotopic (exact) mass is 395 g/mol. The first-order valence-electron chi connectivity index (χ1n) is 9.74. The van der Waals surface area contributed by atoms with Gasteiger partial charge >= 0.3 is 12.2 Å². The van der Waals surface area contributed by atoms with Crippen LogP contribution in [0.4, 0.5) is 18.0 Å². The van der Waals surface area contributed by atoms with Crippen LogP contribution >= 0.6 is 0 Å². The summed E-state index contributed by atoms with van der Waals surface area (Å²) in [7, 11) is 0. The number of rotatable bonds is 3. The van der Waals surface area contributed by atoms with E-state index in [4.69, 9.17) is 0 Å². The van der Waals surface area contributed by atoms with Gasteiger partial charge in [0, 0.05) is 6.54 Å². The molecule has 1 aromatic rings. The molecule has 2 unspecified atom stereocenters. The van der Waals surface area contributed by atoms with Gasteiger partial charge in [-0.15, -0.1) is 0 Å². The zero-order chi connectivity index (χ0) is 20.1. The number of imide groups is 1. The van der Waals surface area contributed by atoms with Gasteiger partial charge < -0.3 is 5.32 Å². The molecule has 3 amide bonds. The highest BCUT2D eigenvalue weighted by atomic mass is 19.4. The number of aryl methyl sites for hydroxylation is 2. The number of alkyl halides is 3. The van der Waals surface area contributed by atoms with Gasteiger partial charge in [-0.2, -0.15) is 13.2 Å². The van der Waals surface area contributed by atoms with E-state index in [0.29, 0.717) is 13.0 Å². The average molecular weight is 395 g/mol. The highest BCUT2D eigenvalue weighted by Gasteiger charge is 2.50. The van der Waals surface area contributed by atoms with Crippen LogP contribution in [0.3, 0.4) is 0 Å². The minimum atomic E-state index is -4.26. The van der Waals surface area contributed by atoms with Crippen molar-refractivity contribution >= 4 is 11.9 Å². The van der Waals surface area contributed by atoms with Gasteiger partial charge in [-0.25, -0.2) is 9.69 Å². The summed E-state index contributed by atoms with van der Waals surface area (Å²) in [5.41, 5.74) is 2.00. The van der Waals surface area contributed by atoms with Gasteiger partial charge in [-0.1, -0.05) is 18.2 Å². The fraction of sp³-hybridized carbons (Fsp3) is 0.600. The van der Waals surface area contributed by atoms with Gasteiger partial charge in [0.15, 0.2) is 0 Å². The Morgan fingerprint density at radius 3 is 2.68 bits per heavy atom. The molecule has 0 saturated carbocycles. The van der Waals surface area contributed by atoms with E-state index in [-0.39, 0.29) is 19.6 Å². The number of hydrogen-bond donors (Lipinski definition) is 1. The predicted octanol–water partition coefficient (Wildman–Crippen LogP) is 3.17. The van der Waals surface area contributed by atoms with Crippen molar-refractivity contribution in [1.82, 2.24) is 15.1 Å². The number of urea groups is 1. The van der Waals surface area contributed by atoms with E-state index in [9.17, 15) is 22.8 Å². The Balaban J connectivity index is 1.51. The molecular formula is C20H24F3N3O2. The summed E-state index contributed by atoms with van der Waals surface area (Å²) in [6.45, 7) is 1.81. The van der Waals surface area contributed by atoms with Gasteiger partial charge in [-0.3, -0.25) is 9.69 Å². The molecule has 1 aromatic carbocycles. The van der Waals surface area contributed by atoms with Crippen molar-refractivity contribution in [1.29, 1.82) is 0 Å². The number of hydrogen-bond acceptors (Lipinski definition) is 3. The van der Waals surface area contributed by atoms with Crippen LogP contribution < -0.4 is 5.32 Å². The Hall–Kier alpha value is -2.09. The predicted molar refractivity (Wildman–Crippen MR) is 96.4 cm³/mol. The lowest BCUT2D eigenvalue weighted by Gasteiger charge is -2.35. The quantitative estimate of drug-likeness (QED) is 0.800. The molecule has 2 atom stereocenters. The van der Waals surface area contributed by atoms with Gasteiger partial charge in [-0.05, 0) is 62.3 Å². The molecule has 1 N–H and O–H groups in total. The topological polar surface area (TPSA) is 52.7 Å².